The van der Waals surface area contributed by atoms with Gasteiger partial charge in [0.2, 0.25) is 0 Å². The number of nitro groups is 1. The minimum absolute atomic E-state index is 0.0225. The van der Waals surface area contributed by atoms with Gasteiger partial charge in [-0.25, -0.2) is 0 Å². The molecule has 1 saturated carbocycles. The number of carbonyl (C=O) groups is 1. The Morgan fingerprint density at radius 3 is 2.76 bits per heavy atom. The van der Waals surface area contributed by atoms with Crippen molar-refractivity contribution in [3.05, 3.63) is 38.9 Å². The molecule has 0 saturated heterocycles. The number of benzene rings is 1. The molecule has 1 aromatic carbocycles. The quantitative estimate of drug-likeness (QED) is 0.659. The smallest absolute Gasteiger partial charge is 0.271 e. The normalized spacial score (nSPS) is 21.8. The molecule has 2 rings (SSSR count). The number of nitro benzene ring substituents is 1. The van der Waals surface area contributed by atoms with Crippen LogP contribution in [-0.4, -0.2) is 23.4 Å². The molecule has 0 heterocycles. The fraction of sp³-hybridized carbons (Fsp3) is 0.500. The molecule has 114 valence electrons. The van der Waals surface area contributed by atoms with Gasteiger partial charge in [0.05, 0.1) is 4.92 Å². The Labute approximate surface area is 127 Å². The van der Waals surface area contributed by atoms with E-state index in [2.05, 4.69) is 5.32 Å². The molecular formula is C14H18ClN3O3. The Morgan fingerprint density at radius 2 is 2.10 bits per heavy atom. The summed E-state index contributed by atoms with van der Waals surface area (Å²) in [7, 11) is 0. The van der Waals surface area contributed by atoms with E-state index in [1.165, 1.54) is 18.2 Å². The third kappa shape index (κ3) is 3.92. The lowest BCUT2D eigenvalue weighted by atomic mass is 9.84. The third-order valence-corrected chi connectivity index (χ3v) is 4.10. The van der Waals surface area contributed by atoms with Crippen molar-refractivity contribution >= 4 is 23.2 Å². The highest BCUT2D eigenvalue weighted by Crippen LogP contribution is 2.25. The number of nitrogens with zero attached hydrogens (tertiary/aromatic N) is 1. The molecular weight excluding hydrogens is 294 g/mol. The first-order valence-electron chi connectivity index (χ1n) is 6.97. The Morgan fingerprint density at radius 1 is 1.38 bits per heavy atom. The average Bonchev–Trinajstić information content (AvgIpc) is 2.47. The van der Waals surface area contributed by atoms with E-state index < -0.39 is 4.92 Å². The lowest BCUT2D eigenvalue weighted by molar-refractivity contribution is -0.384. The number of carbonyl (C=O) groups excluding carboxylic acids is 1. The number of hydrogen-bond acceptors (Lipinski definition) is 4. The molecule has 6 nitrogen and oxygen atoms in total. The van der Waals surface area contributed by atoms with Gasteiger partial charge < -0.3 is 11.1 Å². The zero-order valence-electron chi connectivity index (χ0n) is 11.5. The number of rotatable bonds is 4. The van der Waals surface area contributed by atoms with Crippen LogP contribution in [0.25, 0.3) is 0 Å². The number of nitrogens with two attached hydrogens (primary N) is 1. The number of hydrogen-bond donors (Lipinski definition) is 2. The second kappa shape index (κ2) is 6.87. The van der Waals surface area contributed by atoms with Crippen molar-refractivity contribution in [3.63, 3.8) is 0 Å². The van der Waals surface area contributed by atoms with E-state index in [9.17, 15) is 14.9 Å². The highest BCUT2D eigenvalue weighted by atomic mass is 35.5. The summed E-state index contributed by atoms with van der Waals surface area (Å²) in [5.41, 5.74) is 5.75. The van der Waals surface area contributed by atoms with E-state index >= 15 is 0 Å². The van der Waals surface area contributed by atoms with E-state index in [4.69, 9.17) is 17.3 Å². The highest BCUT2D eigenvalue weighted by Gasteiger charge is 2.26. The van der Waals surface area contributed by atoms with Crippen LogP contribution in [0.4, 0.5) is 5.69 Å². The van der Waals surface area contributed by atoms with Crippen LogP contribution in [0, 0.1) is 16.0 Å². The van der Waals surface area contributed by atoms with E-state index in [1.54, 1.807) is 0 Å². The van der Waals surface area contributed by atoms with Gasteiger partial charge in [0.15, 0.2) is 0 Å². The van der Waals surface area contributed by atoms with Crippen molar-refractivity contribution in [1.29, 1.82) is 0 Å². The van der Waals surface area contributed by atoms with Crippen molar-refractivity contribution in [2.24, 2.45) is 11.7 Å². The van der Waals surface area contributed by atoms with E-state index in [0.717, 1.165) is 25.7 Å². The van der Waals surface area contributed by atoms with E-state index in [-0.39, 0.29) is 34.1 Å². The van der Waals surface area contributed by atoms with Gasteiger partial charge in [-0.2, -0.15) is 0 Å². The Bertz CT molecular complexity index is 550. The molecule has 0 bridgehead atoms. The van der Waals surface area contributed by atoms with Crippen molar-refractivity contribution in [1.82, 2.24) is 5.32 Å². The molecule has 21 heavy (non-hydrogen) atoms. The highest BCUT2D eigenvalue weighted by molar-refractivity contribution is 6.31. The zero-order chi connectivity index (χ0) is 15.4. The minimum atomic E-state index is -0.564. The predicted molar refractivity (Wildman–Crippen MR) is 80.4 cm³/mol. The first kappa shape index (κ1) is 15.7. The molecule has 0 aromatic heterocycles. The summed E-state index contributed by atoms with van der Waals surface area (Å²) in [6, 6.07) is 3.92. The van der Waals surface area contributed by atoms with Gasteiger partial charge in [-0.3, -0.25) is 14.9 Å². The Balaban J connectivity index is 2.14. The first-order valence-corrected chi connectivity index (χ1v) is 7.35. The number of nitrogens with one attached hydrogen (secondary N) is 1. The molecule has 1 fully saturated rings. The largest absolute Gasteiger partial charge is 0.349 e. The second-order valence-electron chi connectivity index (χ2n) is 5.32. The molecule has 0 spiro atoms. The topological polar surface area (TPSA) is 98.3 Å². The fourth-order valence-corrected chi connectivity index (χ4v) is 2.97. The van der Waals surface area contributed by atoms with Gasteiger partial charge in [-0.05, 0) is 31.4 Å². The van der Waals surface area contributed by atoms with Crippen LogP contribution in [0.15, 0.2) is 18.2 Å². The molecule has 0 radical (unpaired) electrons. The summed E-state index contributed by atoms with van der Waals surface area (Å²) < 4.78 is 0. The van der Waals surface area contributed by atoms with E-state index in [1.807, 2.05) is 0 Å². The first-order chi connectivity index (χ1) is 10.0. The summed E-state index contributed by atoms with van der Waals surface area (Å²) in [6.07, 6.45) is 4.06. The number of non-ortho nitro benzene ring substituents is 1. The predicted octanol–water partition coefficient (Wildman–Crippen LogP) is 2.50. The molecule has 1 aliphatic rings. The summed E-state index contributed by atoms with van der Waals surface area (Å²) in [4.78, 5) is 22.5. The standard InChI is InChI=1S/C14H18ClN3O3/c15-11-5-10(6-12(7-11)18(20)21)14(19)17-13-4-2-1-3-9(13)8-16/h5-7,9,13H,1-4,8,16H2,(H,17,19). The second-order valence-corrected chi connectivity index (χ2v) is 5.75. The lowest BCUT2D eigenvalue weighted by Gasteiger charge is -2.31. The maximum absolute atomic E-state index is 12.3. The van der Waals surface area contributed by atoms with Crippen LogP contribution < -0.4 is 11.1 Å². The molecule has 2 unspecified atom stereocenters. The zero-order valence-corrected chi connectivity index (χ0v) is 12.3. The van der Waals surface area contributed by atoms with Crippen LogP contribution in [0.2, 0.25) is 5.02 Å². The van der Waals surface area contributed by atoms with Crippen LogP contribution >= 0.6 is 11.6 Å². The monoisotopic (exact) mass is 311 g/mol. The number of halogens is 1. The molecule has 0 aliphatic heterocycles. The molecule has 2 atom stereocenters. The Hall–Kier alpha value is -1.66. The maximum Gasteiger partial charge on any atom is 0.271 e. The van der Waals surface area contributed by atoms with Gasteiger partial charge in [0, 0.05) is 28.8 Å². The summed E-state index contributed by atoms with van der Waals surface area (Å²) >= 11 is 5.83. The lowest BCUT2D eigenvalue weighted by Crippen LogP contribution is -2.44. The van der Waals surface area contributed by atoms with Gasteiger partial charge in [0.1, 0.15) is 0 Å². The maximum atomic E-state index is 12.3. The van der Waals surface area contributed by atoms with Crippen molar-refractivity contribution in [2.45, 2.75) is 31.7 Å². The van der Waals surface area contributed by atoms with Crippen LogP contribution in [0.3, 0.4) is 0 Å². The fourth-order valence-electron chi connectivity index (χ4n) is 2.74. The van der Waals surface area contributed by atoms with Gasteiger partial charge in [-0.15, -0.1) is 0 Å². The number of amides is 1. The van der Waals surface area contributed by atoms with Crippen LogP contribution in [-0.2, 0) is 0 Å². The van der Waals surface area contributed by atoms with Crippen molar-refractivity contribution in [2.75, 3.05) is 6.54 Å². The van der Waals surface area contributed by atoms with Gasteiger partial charge in [0.25, 0.3) is 11.6 Å². The molecule has 3 N–H and O–H groups in total. The van der Waals surface area contributed by atoms with Gasteiger partial charge >= 0.3 is 0 Å². The summed E-state index contributed by atoms with van der Waals surface area (Å²) in [5, 5.41) is 13.9. The molecule has 7 heteroatoms. The Kier molecular flexibility index (Phi) is 5.14. The molecule has 1 amide bonds. The molecule has 1 aromatic rings. The van der Waals surface area contributed by atoms with Crippen LogP contribution in [0.5, 0.6) is 0 Å². The molecule has 1 aliphatic carbocycles. The SMILES string of the molecule is NCC1CCCCC1NC(=O)c1cc(Cl)cc([N+](=O)[O-])c1. The van der Waals surface area contributed by atoms with Crippen molar-refractivity contribution < 1.29 is 9.72 Å². The van der Waals surface area contributed by atoms with Crippen molar-refractivity contribution in [3.8, 4) is 0 Å². The van der Waals surface area contributed by atoms with Crippen LogP contribution in [0.1, 0.15) is 36.0 Å². The van der Waals surface area contributed by atoms with E-state index in [0.29, 0.717) is 6.54 Å². The summed E-state index contributed by atoms with van der Waals surface area (Å²) in [5.74, 6) is -0.0807. The summed E-state index contributed by atoms with van der Waals surface area (Å²) in [6.45, 7) is 0.528. The minimum Gasteiger partial charge on any atom is -0.349 e. The third-order valence-electron chi connectivity index (χ3n) is 3.88. The average molecular weight is 312 g/mol. The van der Waals surface area contributed by atoms with Gasteiger partial charge in [-0.1, -0.05) is 24.4 Å².